The van der Waals surface area contributed by atoms with E-state index >= 15 is 0 Å². The van der Waals surface area contributed by atoms with Gasteiger partial charge in [-0.3, -0.25) is 0 Å². The van der Waals surface area contributed by atoms with E-state index in [0.29, 0.717) is 16.7 Å². The van der Waals surface area contributed by atoms with Crippen molar-refractivity contribution < 1.29 is 24.4 Å². The van der Waals surface area contributed by atoms with Gasteiger partial charge in [-0.1, -0.05) is 12.0 Å². The Morgan fingerprint density at radius 3 is 2.54 bits per heavy atom. The highest BCUT2D eigenvalue weighted by Crippen LogP contribution is 2.38. The van der Waals surface area contributed by atoms with Crippen LogP contribution < -0.4 is 14.4 Å². The summed E-state index contributed by atoms with van der Waals surface area (Å²) < 4.78 is 56.3. The van der Waals surface area contributed by atoms with Crippen molar-refractivity contribution in [1.82, 2.24) is 9.97 Å². The molecule has 7 heteroatoms. The van der Waals surface area contributed by atoms with Crippen LogP contribution in [0.4, 0.5) is 11.5 Å². The van der Waals surface area contributed by atoms with Crippen molar-refractivity contribution in [2.45, 2.75) is 66.2 Å². The molecule has 7 nitrogen and oxygen atoms in total. The number of terminal acetylenes is 1. The first-order chi connectivity index (χ1) is 18.8. The van der Waals surface area contributed by atoms with Crippen LogP contribution in [0.5, 0.6) is 11.5 Å². The third-order valence-corrected chi connectivity index (χ3v) is 5.27. The van der Waals surface area contributed by atoms with Crippen LogP contribution in [0.15, 0.2) is 36.7 Å². The molecule has 0 saturated heterocycles. The zero-order chi connectivity index (χ0) is 30.8. The average molecular weight is 510 g/mol. The van der Waals surface area contributed by atoms with E-state index in [9.17, 15) is 0 Å². The van der Waals surface area contributed by atoms with E-state index in [1.165, 1.54) is 27.1 Å². The summed E-state index contributed by atoms with van der Waals surface area (Å²) in [6, 6.07) is 9.01. The van der Waals surface area contributed by atoms with Gasteiger partial charge in [0.15, 0.2) is 11.5 Å². The van der Waals surface area contributed by atoms with Gasteiger partial charge in [0.05, 0.1) is 35.8 Å². The molecule has 1 unspecified atom stereocenters. The van der Waals surface area contributed by atoms with Crippen molar-refractivity contribution in [3.63, 3.8) is 0 Å². The van der Waals surface area contributed by atoms with Crippen LogP contribution in [0.2, 0.25) is 0 Å². The Morgan fingerprint density at radius 1 is 1.11 bits per heavy atom. The predicted octanol–water partition coefficient (Wildman–Crippen LogP) is 6.07. The molecule has 0 aliphatic rings. The van der Waals surface area contributed by atoms with E-state index in [4.69, 9.17) is 30.9 Å². The summed E-state index contributed by atoms with van der Waals surface area (Å²) in [7, 11) is 1.88. The Labute approximate surface area is 226 Å². The summed E-state index contributed by atoms with van der Waals surface area (Å²) >= 11 is 0. The molecule has 0 bridgehead atoms. The molecule has 198 valence electrons. The van der Waals surface area contributed by atoms with Crippen molar-refractivity contribution in [1.29, 1.82) is 0 Å². The first-order valence-corrected chi connectivity index (χ1v) is 12.1. The molecule has 1 heterocycles. The summed E-state index contributed by atoms with van der Waals surface area (Å²) in [6.07, 6.45) is 3.21. The van der Waals surface area contributed by atoms with Crippen molar-refractivity contribution >= 4 is 22.4 Å². The summed E-state index contributed by atoms with van der Waals surface area (Å²) in [6.45, 7) is 9.61. The number of fused-ring (bicyclic) bond motifs is 1. The maximum Gasteiger partial charge on any atom is 0.163 e. The van der Waals surface area contributed by atoms with Gasteiger partial charge < -0.3 is 23.8 Å². The van der Waals surface area contributed by atoms with E-state index in [1.807, 2.05) is 57.8 Å². The lowest BCUT2D eigenvalue weighted by molar-refractivity contribution is -0.0170. The van der Waals surface area contributed by atoms with Gasteiger partial charge in [-0.2, -0.15) is 0 Å². The minimum atomic E-state index is -2.64. The topological polar surface area (TPSA) is 65.9 Å². The van der Waals surface area contributed by atoms with E-state index in [-0.39, 0.29) is 30.3 Å². The standard InChI is InChI=1S/C30H39N3O4/c1-10-23-12-11-21(4)26(15-23)33(9)29-24-16-27(34-13-14-36-30(6,7)8)28(17-25(24)31-19-32-29)37-22(5)18-35-20(2)3/h1,11-12,15-17,19-20,22H,13-14,18H2,2-9H3/i18D2,20D,22D. The largest absolute Gasteiger partial charge is 0.487 e. The second-order valence-electron chi connectivity index (χ2n) is 9.80. The Morgan fingerprint density at radius 2 is 1.86 bits per heavy atom. The lowest BCUT2D eigenvalue weighted by atomic mass is 10.1. The highest BCUT2D eigenvalue weighted by atomic mass is 16.6. The molecule has 0 spiro atoms. The number of aromatic nitrogens is 2. The fraction of sp³-hybridized carbons (Fsp3) is 0.467. The fourth-order valence-corrected chi connectivity index (χ4v) is 3.54. The number of ether oxygens (including phenoxy) is 4. The Hall–Kier alpha value is -3.34. The van der Waals surface area contributed by atoms with Gasteiger partial charge in [0, 0.05) is 29.8 Å². The van der Waals surface area contributed by atoms with Crippen LogP contribution in [0.1, 0.15) is 58.2 Å². The van der Waals surface area contributed by atoms with Crippen molar-refractivity contribution in [2.75, 3.05) is 31.7 Å². The van der Waals surface area contributed by atoms with E-state index in [2.05, 4.69) is 15.9 Å². The summed E-state index contributed by atoms with van der Waals surface area (Å²) in [4.78, 5) is 10.9. The van der Waals surface area contributed by atoms with Crippen LogP contribution in [0, 0.1) is 19.3 Å². The Bertz CT molecular complexity index is 1430. The highest BCUT2D eigenvalue weighted by molar-refractivity contribution is 5.94. The van der Waals surface area contributed by atoms with Crippen LogP contribution in [-0.2, 0) is 9.47 Å². The second-order valence-corrected chi connectivity index (χ2v) is 9.80. The van der Waals surface area contributed by atoms with E-state index in [0.717, 1.165) is 16.8 Å². The minimum Gasteiger partial charge on any atom is -0.487 e. The van der Waals surface area contributed by atoms with Gasteiger partial charge in [-0.25, -0.2) is 9.97 Å². The maximum absolute atomic E-state index is 8.69. The molecule has 0 amide bonds. The molecule has 0 fully saturated rings. The van der Waals surface area contributed by atoms with Crippen LogP contribution in [-0.4, -0.2) is 54.5 Å². The lowest BCUT2D eigenvalue weighted by Gasteiger charge is -2.24. The fourth-order valence-electron chi connectivity index (χ4n) is 3.54. The molecule has 1 atom stereocenters. The van der Waals surface area contributed by atoms with Gasteiger partial charge in [0.25, 0.3) is 0 Å². The number of rotatable bonds is 11. The molecule has 0 aliphatic carbocycles. The van der Waals surface area contributed by atoms with Crippen LogP contribution in [0.25, 0.3) is 10.9 Å². The van der Waals surface area contributed by atoms with Crippen molar-refractivity contribution in [3.8, 4) is 23.8 Å². The average Bonchev–Trinajstić information content (AvgIpc) is 2.84. The summed E-state index contributed by atoms with van der Waals surface area (Å²) in [5, 5.41) is 0.637. The zero-order valence-electron chi connectivity index (χ0n) is 26.9. The van der Waals surface area contributed by atoms with E-state index in [1.54, 1.807) is 12.1 Å². The molecule has 1 aromatic heterocycles. The number of hydrogen-bond donors (Lipinski definition) is 0. The van der Waals surface area contributed by atoms with Crippen LogP contribution in [0.3, 0.4) is 0 Å². The van der Waals surface area contributed by atoms with Gasteiger partial charge in [0.2, 0.25) is 0 Å². The quantitative estimate of drug-likeness (QED) is 0.229. The summed E-state index contributed by atoms with van der Waals surface area (Å²) in [5.74, 6) is 3.57. The molecule has 3 aromatic rings. The molecule has 0 aliphatic heterocycles. The maximum atomic E-state index is 8.69. The van der Waals surface area contributed by atoms with Gasteiger partial charge >= 0.3 is 0 Å². The molecule has 3 rings (SSSR count). The monoisotopic (exact) mass is 509 g/mol. The molecular weight excluding hydrogens is 466 g/mol. The number of aryl methyl sites for hydroxylation is 1. The third-order valence-electron chi connectivity index (χ3n) is 5.27. The number of hydrogen-bond acceptors (Lipinski definition) is 7. The molecule has 0 saturated carbocycles. The zero-order valence-corrected chi connectivity index (χ0v) is 22.9. The number of anilines is 2. The van der Waals surface area contributed by atoms with Crippen molar-refractivity contribution in [3.05, 3.63) is 47.8 Å². The third kappa shape index (κ3) is 7.82. The molecule has 0 N–H and O–H groups in total. The highest BCUT2D eigenvalue weighted by Gasteiger charge is 2.19. The van der Waals surface area contributed by atoms with Gasteiger partial charge in [-0.05, 0) is 72.2 Å². The minimum absolute atomic E-state index is 0.0823. The first-order valence-electron chi connectivity index (χ1n) is 14.1. The normalized spacial score (nSPS) is 15.5. The molecule has 37 heavy (non-hydrogen) atoms. The first kappa shape index (κ1) is 22.8. The van der Waals surface area contributed by atoms with E-state index < -0.39 is 18.7 Å². The second kappa shape index (κ2) is 12.3. The Balaban J connectivity index is 2.10. The van der Waals surface area contributed by atoms with Gasteiger partial charge in [0.1, 0.15) is 24.8 Å². The van der Waals surface area contributed by atoms with Crippen LogP contribution >= 0.6 is 0 Å². The summed E-state index contributed by atoms with van der Waals surface area (Å²) in [5.41, 5.74) is 2.72. The SMILES string of the molecule is [2H]C(C)(C)OC([2H])([2H])C([2H])(C)Oc1cc2ncnc(N(C)c3cc(C#C)ccc3C)c2cc1OCCOC(C)(C)C. The Kier molecular flexibility index (Phi) is 7.57. The number of nitrogens with zero attached hydrogens (tertiary/aromatic N) is 3. The van der Waals surface area contributed by atoms with Crippen molar-refractivity contribution in [2.24, 2.45) is 0 Å². The lowest BCUT2D eigenvalue weighted by Crippen LogP contribution is -2.23. The molecular formula is C30H39N3O4. The van der Waals surface area contributed by atoms with Gasteiger partial charge in [-0.15, -0.1) is 6.42 Å². The predicted molar refractivity (Wildman–Crippen MR) is 149 cm³/mol. The number of benzene rings is 2. The molecule has 2 aromatic carbocycles. The smallest absolute Gasteiger partial charge is 0.163 e. The molecule has 0 radical (unpaired) electrons.